The van der Waals surface area contributed by atoms with Gasteiger partial charge in [-0.1, -0.05) is 58.5 Å². The fourth-order valence-corrected chi connectivity index (χ4v) is 1.54. The highest BCUT2D eigenvalue weighted by molar-refractivity contribution is 6.67. The van der Waals surface area contributed by atoms with E-state index in [2.05, 4.69) is 10.1 Å². The van der Waals surface area contributed by atoms with E-state index in [1.165, 1.54) is 24.3 Å². The van der Waals surface area contributed by atoms with Crippen LogP contribution in [0.5, 0.6) is 0 Å². The molecule has 0 radical (unpaired) electrons. The predicted molar refractivity (Wildman–Crippen MR) is 76.6 cm³/mol. The van der Waals surface area contributed by atoms with Crippen molar-refractivity contribution >= 4 is 58.5 Å². The molecule has 0 aliphatic rings. The first-order valence-corrected chi connectivity index (χ1v) is 6.68. The number of benzene rings is 1. The molecule has 0 aromatic heterocycles. The molecular weight excluding hydrogens is 352 g/mol. The fourth-order valence-electron chi connectivity index (χ4n) is 1.25. The Morgan fingerprint density at radius 1 is 1.25 bits per heavy atom. The maximum atomic E-state index is 11.4. The molecule has 1 aromatic carbocycles. The van der Waals surface area contributed by atoms with E-state index in [-0.39, 0.29) is 0 Å². The maximum absolute atomic E-state index is 11.4. The summed E-state index contributed by atoms with van der Waals surface area (Å²) in [5, 5.41) is 11.7. The highest BCUT2D eigenvalue weighted by Gasteiger charge is 2.26. The minimum atomic E-state index is -1.77. The van der Waals surface area contributed by atoms with E-state index in [1.807, 2.05) is 0 Å². The van der Waals surface area contributed by atoms with E-state index < -0.39 is 28.5 Å². The third-order valence-corrected chi connectivity index (χ3v) is 2.66. The second-order valence-electron chi connectivity index (χ2n) is 3.66. The summed E-state index contributed by atoms with van der Waals surface area (Å²) in [6, 6.07) is 4.64. The molecule has 1 atom stereocenters. The zero-order chi connectivity index (χ0) is 15.3. The Hall–Kier alpha value is -0.880. The molecule has 0 aliphatic carbocycles. The van der Waals surface area contributed by atoms with Crippen molar-refractivity contribution in [3.63, 3.8) is 0 Å². The largest absolute Gasteiger partial charge is 0.479 e. The van der Waals surface area contributed by atoms with Gasteiger partial charge in [0.15, 0.2) is 6.04 Å². The highest BCUT2D eigenvalue weighted by atomic mass is 35.6. The summed E-state index contributed by atoms with van der Waals surface area (Å²) in [6.45, 7) is -0.504. The Bertz CT molecular complexity index is 486. The average Bonchev–Trinajstić information content (AvgIpc) is 2.33. The number of alkyl carbamates (subject to hydrolysis) is 1. The number of amides is 1. The van der Waals surface area contributed by atoms with Crippen LogP contribution in [0.3, 0.4) is 0 Å². The standard InChI is InChI=1S/C11H9Cl4NO4/c12-7-3-1-6(2-4-7)8(9(17)18)16-10(19)20-5-11(13,14)15/h1-4,8H,5H2,(H,16,19)(H,17,18)/t8-/m1/s1. The summed E-state index contributed by atoms with van der Waals surface area (Å²) in [5.41, 5.74) is 0.327. The zero-order valence-electron chi connectivity index (χ0n) is 9.78. The summed E-state index contributed by atoms with van der Waals surface area (Å²) in [4.78, 5) is 22.6. The Morgan fingerprint density at radius 2 is 1.80 bits per heavy atom. The molecule has 20 heavy (non-hydrogen) atoms. The number of aliphatic carboxylic acids is 1. The topological polar surface area (TPSA) is 75.6 Å². The average molecular weight is 361 g/mol. The summed E-state index contributed by atoms with van der Waals surface area (Å²) < 4.78 is 2.83. The van der Waals surface area contributed by atoms with Gasteiger partial charge in [0.05, 0.1) is 0 Å². The monoisotopic (exact) mass is 359 g/mol. The lowest BCUT2D eigenvalue weighted by Crippen LogP contribution is -2.35. The molecule has 0 heterocycles. The van der Waals surface area contributed by atoms with E-state index in [0.717, 1.165) is 0 Å². The quantitative estimate of drug-likeness (QED) is 0.805. The van der Waals surface area contributed by atoms with Crippen molar-refractivity contribution in [2.24, 2.45) is 0 Å². The summed E-state index contributed by atoms with van der Waals surface area (Å²) in [7, 11) is 0. The van der Waals surface area contributed by atoms with Gasteiger partial charge in [0.1, 0.15) is 6.61 Å². The van der Waals surface area contributed by atoms with Gasteiger partial charge in [-0.25, -0.2) is 9.59 Å². The van der Waals surface area contributed by atoms with E-state index >= 15 is 0 Å². The van der Waals surface area contributed by atoms with Gasteiger partial charge >= 0.3 is 12.1 Å². The zero-order valence-corrected chi connectivity index (χ0v) is 12.8. The third kappa shape index (κ3) is 6.05. The maximum Gasteiger partial charge on any atom is 0.408 e. The van der Waals surface area contributed by atoms with E-state index in [0.29, 0.717) is 10.6 Å². The molecule has 0 aliphatic heterocycles. The molecular formula is C11H9Cl4NO4. The van der Waals surface area contributed by atoms with Crippen LogP contribution in [0, 0.1) is 0 Å². The second-order valence-corrected chi connectivity index (χ2v) is 6.61. The van der Waals surface area contributed by atoms with Crippen LogP contribution >= 0.6 is 46.4 Å². The van der Waals surface area contributed by atoms with E-state index in [1.54, 1.807) is 0 Å². The number of carbonyl (C=O) groups is 2. The van der Waals surface area contributed by atoms with Crippen molar-refractivity contribution in [3.8, 4) is 0 Å². The van der Waals surface area contributed by atoms with Gasteiger partial charge in [-0.3, -0.25) is 0 Å². The normalized spacial score (nSPS) is 12.6. The molecule has 1 amide bonds. The van der Waals surface area contributed by atoms with Crippen LogP contribution in [0.4, 0.5) is 4.79 Å². The van der Waals surface area contributed by atoms with Gasteiger partial charge < -0.3 is 15.2 Å². The highest BCUT2D eigenvalue weighted by Crippen LogP contribution is 2.26. The van der Waals surface area contributed by atoms with Gasteiger partial charge in [-0.2, -0.15) is 0 Å². The van der Waals surface area contributed by atoms with Crippen molar-refractivity contribution in [2.45, 2.75) is 9.83 Å². The van der Waals surface area contributed by atoms with Crippen LogP contribution in [0.15, 0.2) is 24.3 Å². The van der Waals surface area contributed by atoms with Crippen LogP contribution in [0.1, 0.15) is 11.6 Å². The Morgan fingerprint density at radius 3 is 2.25 bits per heavy atom. The number of rotatable bonds is 4. The molecule has 9 heteroatoms. The number of carbonyl (C=O) groups excluding carboxylic acids is 1. The summed E-state index contributed by atoms with van der Waals surface area (Å²) >= 11 is 21.9. The number of halogens is 4. The molecule has 2 N–H and O–H groups in total. The second kappa shape index (κ2) is 7.22. The summed E-state index contributed by atoms with van der Waals surface area (Å²) in [6.07, 6.45) is -1.02. The number of carboxylic acids is 1. The van der Waals surface area contributed by atoms with Gasteiger partial charge in [0.25, 0.3) is 0 Å². The van der Waals surface area contributed by atoms with Crippen LogP contribution in [0.25, 0.3) is 0 Å². The first kappa shape index (κ1) is 17.2. The van der Waals surface area contributed by atoms with Crippen LogP contribution in [0.2, 0.25) is 5.02 Å². The Kier molecular flexibility index (Phi) is 6.20. The fraction of sp³-hybridized carbons (Fsp3) is 0.273. The number of hydrogen-bond donors (Lipinski definition) is 2. The molecule has 110 valence electrons. The third-order valence-electron chi connectivity index (χ3n) is 2.08. The van der Waals surface area contributed by atoms with Crippen LogP contribution < -0.4 is 5.32 Å². The van der Waals surface area contributed by atoms with Crippen molar-refractivity contribution in [2.75, 3.05) is 6.61 Å². The first-order chi connectivity index (χ1) is 9.19. The Balaban J connectivity index is 2.71. The van der Waals surface area contributed by atoms with Crippen molar-refractivity contribution in [1.29, 1.82) is 0 Å². The van der Waals surface area contributed by atoms with Crippen molar-refractivity contribution in [1.82, 2.24) is 5.32 Å². The minimum Gasteiger partial charge on any atom is -0.479 e. The van der Waals surface area contributed by atoms with E-state index in [4.69, 9.17) is 51.5 Å². The minimum absolute atomic E-state index is 0.327. The number of carboxylic acid groups (broad SMARTS) is 1. The lowest BCUT2D eigenvalue weighted by atomic mass is 10.1. The number of nitrogens with one attached hydrogen (secondary N) is 1. The molecule has 0 saturated carbocycles. The molecule has 0 spiro atoms. The van der Waals surface area contributed by atoms with E-state index in [9.17, 15) is 9.59 Å². The predicted octanol–water partition coefficient (Wildman–Crippen LogP) is 3.56. The van der Waals surface area contributed by atoms with Crippen LogP contribution in [-0.2, 0) is 9.53 Å². The molecule has 0 bridgehead atoms. The lowest BCUT2D eigenvalue weighted by molar-refractivity contribution is -0.139. The van der Waals surface area contributed by atoms with Crippen molar-refractivity contribution < 1.29 is 19.4 Å². The van der Waals surface area contributed by atoms with Crippen LogP contribution in [-0.4, -0.2) is 27.6 Å². The molecule has 0 unspecified atom stereocenters. The van der Waals surface area contributed by atoms with Gasteiger partial charge in [-0.15, -0.1) is 0 Å². The van der Waals surface area contributed by atoms with Gasteiger partial charge in [0.2, 0.25) is 3.79 Å². The molecule has 1 rings (SSSR count). The molecule has 0 saturated heterocycles. The molecule has 0 fully saturated rings. The molecule has 5 nitrogen and oxygen atoms in total. The van der Waals surface area contributed by atoms with Crippen molar-refractivity contribution in [3.05, 3.63) is 34.9 Å². The first-order valence-electron chi connectivity index (χ1n) is 5.17. The van der Waals surface area contributed by atoms with Gasteiger partial charge in [-0.05, 0) is 17.7 Å². The SMILES string of the molecule is O=C(N[C@@H](C(=O)O)c1ccc(Cl)cc1)OCC(Cl)(Cl)Cl. The smallest absolute Gasteiger partial charge is 0.408 e. The lowest BCUT2D eigenvalue weighted by Gasteiger charge is -2.16. The number of hydrogen-bond acceptors (Lipinski definition) is 3. The Labute approximate surface area is 134 Å². The number of ether oxygens (including phenoxy) is 1. The molecule has 1 aromatic rings. The van der Waals surface area contributed by atoms with Gasteiger partial charge in [0, 0.05) is 5.02 Å². The summed E-state index contributed by atoms with van der Waals surface area (Å²) in [5.74, 6) is -1.27. The number of alkyl halides is 3.